The molecule has 0 saturated carbocycles. The molecule has 5 aromatic carbocycles. The van der Waals surface area contributed by atoms with Crippen molar-refractivity contribution in [1.82, 2.24) is 4.98 Å². The molecule has 0 aliphatic carbocycles. The molecule has 0 spiro atoms. The van der Waals surface area contributed by atoms with Crippen LogP contribution in [0.1, 0.15) is 0 Å². The van der Waals surface area contributed by atoms with Gasteiger partial charge in [-0.2, -0.15) is 0 Å². The summed E-state index contributed by atoms with van der Waals surface area (Å²) in [5.41, 5.74) is 7.38. The van der Waals surface area contributed by atoms with Crippen LogP contribution in [0.5, 0.6) is 0 Å². The number of nitrogens with zero attached hydrogens (tertiary/aromatic N) is 2. The fourth-order valence-electron chi connectivity index (χ4n) is 4.27. The molecular formula is C28H20ClN3. The van der Waals surface area contributed by atoms with Crippen molar-refractivity contribution in [3.05, 3.63) is 115 Å². The third-order valence-electron chi connectivity index (χ3n) is 5.66. The maximum absolute atomic E-state index is 5.09. The number of benzene rings is 5. The zero-order valence-electron chi connectivity index (χ0n) is 17.2. The van der Waals surface area contributed by atoms with Gasteiger partial charge in [-0.25, -0.2) is 4.98 Å². The molecule has 3 nitrogen and oxygen atoms in total. The van der Waals surface area contributed by atoms with Crippen molar-refractivity contribution in [2.75, 3.05) is 5.32 Å². The van der Waals surface area contributed by atoms with Crippen LogP contribution in [0.2, 0.25) is 0 Å². The molecule has 32 heavy (non-hydrogen) atoms. The van der Waals surface area contributed by atoms with Crippen LogP contribution in [0.4, 0.5) is 11.4 Å². The Morgan fingerprint density at radius 1 is 0.594 bits per heavy atom. The number of para-hydroxylation sites is 4. The average Bonchev–Trinajstić information content (AvgIpc) is 2.84. The number of fused-ring (bicyclic) bond motifs is 4. The van der Waals surface area contributed by atoms with Crippen LogP contribution in [-0.2, 0) is 0 Å². The van der Waals surface area contributed by atoms with E-state index in [9.17, 15) is 0 Å². The van der Waals surface area contributed by atoms with Crippen LogP contribution < -0.4 is 22.3 Å². The molecule has 0 bridgehead atoms. The number of nitrogens with one attached hydrogen (secondary N) is 1. The molecule has 0 aliphatic rings. The lowest BCUT2D eigenvalue weighted by Crippen LogP contribution is -3.00. The third-order valence-corrected chi connectivity index (χ3v) is 5.66. The highest BCUT2D eigenvalue weighted by molar-refractivity contribution is 6.11. The van der Waals surface area contributed by atoms with Gasteiger partial charge < -0.3 is 17.7 Å². The van der Waals surface area contributed by atoms with Gasteiger partial charge in [-0.1, -0.05) is 72.8 Å². The number of hydrogen-bond donors (Lipinski definition) is 1. The van der Waals surface area contributed by atoms with E-state index in [1.54, 1.807) is 0 Å². The summed E-state index contributed by atoms with van der Waals surface area (Å²) in [4.78, 5) is 5.09. The van der Waals surface area contributed by atoms with Crippen LogP contribution in [0.25, 0.3) is 38.5 Å². The molecule has 0 saturated heterocycles. The number of anilines is 2. The Balaban J connectivity index is 0.00000216. The topological polar surface area (TPSA) is 28.8 Å². The SMILES string of the molecule is [Cl-].c1ccc(Nc2cc3c(nc4ccccc4[n+]3-c3ccccc3)c3ccccc23)cc1. The van der Waals surface area contributed by atoms with Crippen LogP contribution in [0, 0.1) is 0 Å². The monoisotopic (exact) mass is 433 g/mol. The average molecular weight is 434 g/mol. The summed E-state index contributed by atoms with van der Waals surface area (Å²) in [7, 11) is 0. The van der Waals surface area contributed by atoms with Gasteiger partial charge in [0.1, 0.15) is 11.0 Å². The van der Waals surface area contributed by atoms with Gasteiger partial charge in [-0.15, -0.1) is 4.57 Å². The molecule has 0 atom stereocenters. The van der Waals surface area contributed by atoms with Crippen LogP contribution in [0.3, 0.4) is 0 Å². The van der Waals surface area contributed by atoms with Gasteiger partial charge in [-0.3, -0.25) is 0 Å². The summed E-state index contributed by atoms with van der Waals surface area (Å²) in [6.45, 7) is 0. The van der Waals surface area contributed by atoms with Gasteiger partial charge in [0.25, 0.3) is 0 Å². The van der Waals surface area contributed by atoms with E-state index in [0.29, 0.717) is 0 Å². The van der Waals surface area contributed by atoms with Gasteiger partial charge in [0, 0.05) is 40.7 Å². The Labute approximate surface area is 192 Å². The molecule has 4 heteroatoms. The lowest BCUT2D eigenvalue weighted by Gasteiger charge is -2.13. The predicted molar refractivity (Wildman–Crippen MR) is 128 cm³/mol. The molecule has 0 aliphatic heterocycles. The van der Waals surface area contributed by atoms with Gasteiger partial charge >= 0.3 is 0 Å². The van der Waals surface area contributed by atoms with E-state index < -0.39 is 0 Å². The van der Waals surface area contributed by atoms with Crippen molar-refractivity contribution < 1.29 is 17.0 Å². The minimum Gasteiger partial charge on any atom is -1.00 e. The molecule has 0 radical (unpaired) electrons. The smallest absolute Gasteiger partial charge is 0.240 e. The fraction of sp³-hybridized carbons (Fsp3) is 0. The van der Waals surface area contributed by atoms with E-state index >= 15 is 0 Å². The normalized spacial score (nSPS) is 10.9. The highest BCUT2D eigenvalue weighted by atomic mass is 35.5. The number of hydrogen-bond acceptors (Lipinski definition) is 2. The maximum Gasteiger partial charge on any atom is 0.240 e. The summed E-state index contributed by atoms with van der Waals surface area (Å²) in [6, 6.07) is 39.8. The predicted octanol–water partition coefficient (Wildman–Crippen LogP) is 3.57. The lowest BCUT2D eigenvalue weighted by atomic mass is 10.0. The van der Waals surface area contributed by atoms with Crippen molar-refractivity contribution in [2.24, 2.45) is 0 Å². The summed E-state index contributed by atoms with van der Waals surface area (Å²) in [5.74, 6) is 0. The quantitative estimate of drug-likeness (QED) is 0.262. The number of rotatable bonds is 3. The van der Waals surface area contributed by atoms with Crippen molar-refractivity contribution in [2.45, 2.75) is 0 Å². The first-order valence-corrected chi connectivity index (χ1v) is 10.4. The molecule has 0 fully saturated rings. The first-order chi connectivity index (χ1) is 15.4. The Kier molecular flexibility index (Phi) is 5.18. The van der Waals surface area contributed by atoms with Crippen LogP contribution in [-0.4, -0.2) is 4.98 Å². The Hall–Kier alpha value is -3.95. The van der Waals surface area contributed by atoms with Crippen molar-refractivity contribution in [3.8, 4) is 5.69 Å². The minimum absolute atomic E-state index is 0. The van der Waals surface area contributed by atoms with Crippen molar-refractivity contribution >= 4 is 44.2 Å². The van der Waals surface area contributed by atoms with E-state index in [1.165, 1.54) is 0 Å². The maximum atomic E-state index is 5.09. The highest BCUT2D eigenvalue weighted by Gasteiger charge is 2.22. The molecule has 0 unspecified atom stereocenters. The van der Waals surface area contributed by atoms with Gasteiger partial charge in [0.15, 0.2) is 0 Å². The molecular weight excluding hydrogens is 414 g/mol. The minimum atomic E-state index is 0. The standard InChI is InChI=1S/C28H19N3.ClH/c1-3-11-20(12-4-1)29-25-19-27-28(23-16-8-7-15-22(23)25)30-24-17-9-10-18-26(24)31(27)21-13-5-2-6-14-21;/h1-19H;1H. The van der Waals surface area contributed by atoms with Crippen molar-refractivity contribution in [3.63, 3.8) is 0 Å². The molecule has 1 aromatic heterocycles. The van der Waals surface area contributed by atoms with E-state index in [1.807, 2.05) is 30.3 Å². The second-order valence-electron chi connectivity index (χ2n) is 7.60. The molecule has 154 valence electrons. The second kappa shape index (κ2) is 8.29. The molecule has 0 amide bonds. The van der Waals surface area contributed by atoms with E-state index in [0.717, 1.165) is 49.9 Å². The molecule has 6 rings (SSSR count). The first kappa shape index (κ1) is 20.0. The zero-order chi connectivity index (χ0) is 20.6. The Bertz CT molecular complexity index is 1550. The Morgan fingerprint density at radius 3 is 2.00 bits per heavy atom. The zero-order valence-corrected chi connectivity index (χ0v) is 18.0. The lowest BCUT2D eigenvalue weighted by molar-refractivity contribution is -0.538. The Morgan fingerprint density at radius 2 is 1.22 bits per heavy atom. The fourth-order valence-corrected chi connectivity index (χ4v) is 4.27. The van der Waals surface area contributed by atoms with Crippen LogP contribution >= 0.6 is 0 Å². The largest absolute Gasteiger partial charge is 1.00 e. The summed E-state index contributed by atoms with van der Waals surface area (Å²) in [5, 5.41) is 5.91. The molecule has 6 aromatic rings. The summed E-state index contributed by atoms with van der Waals surface area (Å²) >= 11 is 0. The molecule has 1 heterocycles. The highest BCUT2D eigenvalue weighted by Crippen LogP contribution is 2.33. The van der Waals surface area contributed by atoms with Gasteiger partial charge in [0.05, 0.1) is 5.69 Å². The van der Waals surface area contributed by atoms with E-state index in [4.69, 9.17) is 4.98 Å². The van der Waals surface area contributed by atoms with E-state index in [2.05, 4.69) is 94.8 Å². The number of halogens is 1. The summed E-state index contributed by atoms with van der Waals surface area (Å²) < 4.78 is 2.31. The second-order valence-corrected chi connectivity index (χ2v) is 7.60. The summed E-state index contributed by atoms with van der Waals surface area (Å²) in [6.07, 6.45) is 0. The first-order valence-electron chi connectivity index (χ1n) is 10.4. The van der Waals surface area contributed by atoms with Crippen LogP contribution in [0.15, 0.2) is 115 Å². The third kappa shape index (κ3) is 3.33. The molecule has 1 N–H and O–H groups in total. The number of aromatic nitrogens is 2. The van der Waals surface area contributed by atoms with Crippen molar-refractivity contribution in [1.29, 1.82) is 0 Å². The van der Waals surface area contributed by atoms with Gasteiger partial charge in [-0.05, 0) is 18.2 Å². The van der Waals surface area contributed by atoms with Gasteiger partial charge in [0.2, 0.25) is 16.7 Å². The van der Waals surface area contributed by atoms with E-state index in [-0.39, 0.29) is 12.4 Å².